The first-order valence-corrected chi connectivity index (χ1v) is 8.26. The van der Waals surface area contributed by atoms with Crippen molar-refractivity contribution in [3.8, 4) is 17.2 Å². The average Bonchev–Trinajstić information content (AvgIpc) is 3.10. The molecule has 1 atom stereocenters. The number of para-hydroxylation sites is 1. The summed E-state index contributed by atoms with van der Waals surface area (Å²) in [5, 5.41) is 6.80. The highest BCUT2D eigenvalue weighted by Gasteiger charge is 2.22. The quantitative estimate of drug-likeness (QED) is 0.694. The molecule has 1 heterocycles. The maximum Gasteiger partial charge on any atom is 0.270 e. The number of anilines is 1. The van der Waals surface area contributed by atoms with Crippen LogP contribution in [-0.2, 0) is 4.79 Å². The number of aromatic nitrogens is 2. The van der Waals surface area contributed by atoms with E-state index in [0.717, 1.165) is 0 Å². The van der Waals surface area contributed by atoms with E-state index in [2.05, 4.69) is 15.5 Å². The van der Waals surface area contributed by atoms with Crippen LogP contribution in [0, 0.1) is 5.82 Å². The lowest BCUT2D eigenvalue weighted by Crippen LogP contribution is -2.33. The maximum atomic E-state index is 13.7. The fraction of sp³-hybridized carbons (Fsp3) is 0.167. The summed E-state index contributed by atoms with van der Waals surface area (Å²) in [4.78, 5) is 16.5. The van der Waals surface area contributed by atoms with Crippen LogP contribution < -0.4 is 10.1 Å². The highest BCUT2D eigenvalue weighted by Crippen LogP contribution is 2.22. The second kappa shape index (κ2) is 7.97. The number of carbonyl (C=O) groups excluding carboxylic acids is 1. The molecule has 1 amide bonds. The molecule has 1 N–H and O–H groups in total. The van der Waals surface area contributed by atoms with Crippen LogP contribution in [-0.4, -0.2) is 22.2 Å². The van der Waals surface area contributed by atoms with E-state index in [0.29, 0.717) is 17.0 Å². The maximum absolute atomic E-state index is 13.7. The Labute approximate surface area is 153 Å². The van der Waals surface area contributed by atoms with Gasteiger partial charge in [0.2, 0.25) is 0 Å². The number of amides is 1. The van der Waals surface area contributed by atoms with Gasteiger partial charge in [-0.15, -0.1) is 0 Å². The summed E-state index contributed by atoms with van der Waals surface area (Å²) in [5.41, 5.74) is 0.664. The van der Waals surface area contributed by atoms with E-state index >= 15 is 0 Å². The highest BCUT2D eigenvalue weighted by atomic mass is 35.5. The van der Waals surface area contributed by atoms with E-state index in [1.807, 2.05) is 0 Å². The molecule has 8 heteroatoms. The van der Waals surface area contributed by atoms with Crippen molar-refractivity contribution in [2.45, 2.75) is 19.4 Å². The van der Waals surface area contributed by atoms with Gasteiger partial charge in [0.25, 0.3) is 17.7 Å². The summed E-state index contributed by atoms with van der Waals surface area (Å²) in [5.74, 6) is -0.803. The summed E-state index contributed by atoms with van der Waals surface area (Å²) in [7, 11) is 0. The van der Waals surface area contributed by atoms with E-state index in [-0.39, 0.29) is 17.6 Å². The van der Waals surface area contributed by atoms with Gasteiger partial charge in [-0.2, -0.15) is 4.98 Å². The molecule has 0 aliphatic carbocycles. The number of halogens is 2. The van der Waals surface area contributed by atoms with Crippen molar-refractivity contribution in [2.24, 2.45) is 0 Å². The van der Waals surface area contributed by atoms with E-state index in [1.54, 1.807) is 43.3 Å². The Balaban J connectivity index is 1.68. The third-order valence-corrected chi connectivity index (χ3v) is 3.77. The first kappa shape index (κ1) is 17.9. The Morgan fingerprint density at radius 3 is 2.69 bits per heavy atom. The normalized spacial score (nSPS) is 11.8. The molecule has 0 aliphatic rings. The fourth-order valence-electron chi connectivity index (χ4n) is 2.19. The number of benzene rings is 2. The van der Waals surface area contributed by atoms with E-state index in [1.165, 1.54) is 12.1 Å². The largest absolute Gasteiger partial charge is 0.478 e. The minimum Gasteiger partial charge on any atom is -0.478 e. The van der Waals surface area contributed by atoms with Gasteiger partial charge in [0.15, 0.2) is 17.7 Å². The Kier molecular flexibility index (Phi) is 5.48. The Bertz CT molecular complexity index is 899. The third-order valence-electron chi connectivity index (χ3n) is 3.52. The fourth-order valence-corrected chi connectivity index (χ4v) is 2.32. The molecule has 0 fully saturated rings. The molecule has 3 rings (SSSR count). The van der Waals surface area contributed by atoms with Crippen molar-refractivity contribution >= 4 is 23.5 Å². The number of carbonyl (C=O) groups is 1. The number of nitrogens with one attached hydrogen (secondary N) is 1. The lowest BCUT2D eigenvalue weighted by atomic mass is 10.2. The minimum atomic E-state index is -0.899. The first-order chi connectivity index (χ1) is 12.6. The van der Waals surface area contributed by atoms with Gasteiger partial charge in [-0.3, -0.25) is 10.1 Å². The summed E-state index contributed by atoms with van der Waals surface area (Å²) in [6, 6.07) is 12.7. The highest BCUT2D eigenvalue weighted by molar-refractivity contribution is 6.30. The van der Waals surface area contributed by atoms with Crippen LogP contribution in [0.4, 0.5) is 10.3 Å². The van der Waals surface area contributed by atoms with Crippen molar-refractivity contribution in [3.05, 3.63) is 59.4 Å². The molecule has 2 aromatic carbocycles. The van der Waals surface area contributed by atoms with Gasteiger partial charge in [-0.25, -0.2) is 4.39 Å². The van der Waals surface area contributed by atoms with Crippen molar-refractivity contribution in [1.82, 2.24) is 10.1 Å². The monoisotopic (exact) mass is 375 g/mol. The Morgan fingerprint density at radius 2 is 2.00 bits per heavy atom. The number of hydrogen-bond acceptors (Lipinski definition) is 5. The molecule has 0 spiro atoms. The lowest BCUT2D eigenvalue weighted by molar-refractivity contribution is -0.123. The minimum absolute atomic E-state index is 0.00413. The molecule has 0 saturated heterocycles. The molecule has 0 aliphatic heterocycles. The van der Waals surface area contributed by atoms with E-state index in [9.17, 15) is 9.18 Å². The summed E-state index contributed by atoms with van der Waals surface area (Å²) in [6.07, 6.45) is -0.563. The SMILES string of the molecule is CCC(Oc1ccccc1F)C(=O)Nc1noc(-c2ccc(Cl)cc2)n1. The number of rotatable bonds is 6. The zero-order valence-electron chi connectivity index (χ0n) is 13.8. The molecular weight excluding hydrogens is 361 g/mol. The topological polar surface area (TPSA) is 77.2 Å². The number of nitrogens with zero attached hydrogens (tertiary/aromatic N) is 2. The van der Waals surface area contributed by atoms with Crippen LogP contribution in [0.1, 0.15) is 13.3 Å². The molecule has 134 valence electrons. The van der Waals surface area contributed by atoms with Crippen LogP contribution in [0.25, 0.3) is 11.5 Å². The van der Waals surface area contributed by atoms with Crippen LogP contribution in [0.15, 0.2) is 53.1 Å². The lowest BCUT2D eigenvalue weighted by Gasteiger charge is -2.16. The van der Waals surface area contributed by atoms with E-state index in [4.69, 9.17) is 20.9 Å². The molecule has 0 bridgehead atoms. The average molecular weight is 376 g/mol. The summed E-state index contributed by atoms with van der Waals surface area (Å²) in [6.45, 7) is 1.75. The van der Waals surface area contributed by atoms with Crippen LogP contribution >= 0.6 is 11.6 Å². The van der Waals surface area contributed by atoms with Crippen molar-refractivity contribution < 1.29 is 18.4 Å². The molecule has 6 nitrogen and oxygen atoms in total. The molecule has 0 saturated carbocycles. The second-order valence-corrected chi connectivity index (χ2v) is 5.80. The predicted octanol–water partition coefficient (Wildman–Crippen LogP) is 4.33. The molecular formula is C18H15ClFN3O3. The van der Waals surface area contributed by atoms with Crippen molar-refractivity contribution in [1.29, 1.82) is 0 Å². The molecule has 0 radical (unpaired) electrons. The number of hydrogen-bond donors (Lipinski definition) is 1. The van der Waals surface area contributed by atoms with Crippen LogP contribution in [0.3, 0.4) is 0 Å². The molecule has 1 aromatic heterocycles. The van der Waals surface area contributed by atoms with Crippen molar-refractivity contribution in [2.75, 3.05) is 5.32 Å². The summed E-state index contributed by atoms with van der Waals surface area (Å²) < 4.78 is 24.3. The first-order valence-electron chi connectivity index (χ1n) is 7.88. The predicted molar refractivity (Wildman–Crippen MR) is 94.5 cm³/mol. The second-order valence-electron chi connectivity index (χ2n) is 5.36. The Morgan fingerprint density at radius 1 is 1.27 bits per heavy atom. The van der Waals surface area contributed by atoms with E-state index < -0.39 is 17.8 Å². The standard InChI is InChI=1S/C18H15ClFN3O3/c1-2-14(25-15-6-4-3-5-13(15)20)16(24)21-18-22-17(26-23-18)11-7-9-12(19)10-8-11/h3-10,14H,2H2,1H3,(H,21,23,24). The number of ether oxygens (including phenoxy) is 1. The third kappa shape index (κ3) is 4.18. The van der Waals surface area contributed by atoms with Crippen LogP contribution in [0.2, 0.25) is 5.02 Å². The van der Waals surface area contributed by atoms with Gasteiger partial charge in [0.05, 0.1) is 0 Å². The molecule has 26 heavy (non-hydrogen) atoms. The van der Waals surface area contributed by atoms with Gasteiger partial charge in [-0.1, -0.05) is 30.7 Å². The van der Waals surface area contributed by atoms with Gasteiger partial charge < -0.3 is 9.26 Å². The van der Waals surface area contributed by atoms with Gasteiger partial charge in [-0.05, 0) is 48.0 Å². The van der Waals surface area contributed by atoms with Gasteiger partial charge in [0.1, 0.15) is 0 Å². The smallest absolute Gasteiger partial charge is 0.270 e. The van der Waals surface area contributed by atoms with Crippen LogP contribution in [0.5, 0.6) is 5.75 Å². The molecule has 1 unspecified atom stereocenters. The zero-order valence-corrected chi connectivity index (χ0v) is 14.5. The summed E-state index contributed by atoms with van der Waals surface area (Å²) >= 11 is 5.84. The zero-order chi connectivity index (χ0) is 18.5. The van der Waals surface area contributed by atoms with Gasteiger partial charge in [0, 0.05) is 10.6 Å². The van der Waals surface area contributed by atoms with Gasteiger partial charge >= 0.3 is 0 Å². The van der Waals surface area contributed by atoms with Crippen molar-refractivity contribution in [3.63, 3.8) is 0 Å². The molecule has 3 aromatic rings. The Hall–Kier alpha value is -2.93.